The number of nitrogens with two attached hydrogens (primary N) is 1. The van der Waals surface area contributed by atoms with Crippen LogP contribution in [0.2, 0.25) is 0 Å². The van der Waals surface area contributed by atoms with Crippen molar-refractivity contribution in [2.24, 2.45) is 5.73 Å². The summed E-state index contributed by atoms with van der Waals surface area (Å²) in [6, 6.07) is 3.92. The van der Waals surface area contributed by atoms with Crippen LogP contribution in [0.3, 0.4) is 0 Å². The second-order valence-electron chi connectivity index (χ2n) is 4.25. The molecule has 3 nitrogen and oxygen atoms in total. The largest absolute Gasteiger partial charge is 0.391 e. The van der Waals surface area contributed by atoms with E-state index < -0.39 is 11.6 Å². The zero-order chi connectivity index (χ0) is 13.1. The highest BCUT2D eigenvalue weighted by Crippen LogP contribution is 2.13. The van der Waals surface area contributed by atoms with E-state index in [4.69, 9.17) is 22.7 Å². The van der Waals surface area contributed by atoms with E-state index in [1.807, 2.05) is 0 Å². The van der Waals surface area contributed by atoms with E-state index in [9.17, 15) is 8.78 Å². The van der Waals surface area contributed by atoms with E-state index in [0.29, 0.717) is 24.7 Å². The van der Waals surface area contributed by atoms with Gasteiger partial charge in [-0.2, -0.15) is 0 Å². The molecule has 0 aliphatic carbocycles. The van der Waals surface area contributed by atoms with Crippen LogP contribution in [-0.4, -0.2) is 35.7 Å². The molecule has 0 amide bonds. The molecule has 1 aromatic rings. The Hall–Kier alpha value is -1.11. The molecule has 1 unspecified atom stereocenters. The molecule has 98 valence electrons. The summed E-state index contributed by atoms with van der Waals surface area (Å²) in [6.07, 6.45) is -0.265. The van der Waals surface area contributed by atoms with Crippen LogP contribution in [0, 0.1) is 11.6 Å². The van der Waals surface area contributed by atoms with Crippen LogP contribution in [0.1, 0.15) is 5.56 Å². The third kappa shape index (κ3) is 3.22. The second kappa shape index (κ2) is 5.69. The van der Waals surface area contributed by atoms with Crippen LogP contribution < -0.4 is 5.73 Å². The molecule has 1 aliphatic heterocycles. The normalized spacial score (nSPS) is 20.9. The van der Waals surface area contributed by atoms with Gasteiger partial charge in [-0.25, -0.2) is 8.78 Å². The van der Waals surface area contributed by atoms with E-state index in [2.05, 4.69) is 4.90 Å². The summed E-state index contributed by atoms with van der Waals surface area (Å²) in [5, 5.41) is 0. The molecule has 1 saturated heterocycles. The zero-order valence-corrected chi connectivity index (χ0v) is 10.6. The van der Waals surface area contributed by atoms with Crippen molar-refractivity contribution < 1.29 is 13.5 Å². The number of nitrogens with zero attached hydrogens (tertiary/aromatic N) is 1. The van der Waals surface area contributed by atoms with Gasteiger partial charge in [0, 0.05) is 19.6 Å². The lowest BCUT2D eigenvalue weighted by molar-refractivity contribution is 0.00387. The smallest absolute Gasteiger partial charge is 0.159 e. The molecule has 0 spiro atoms. The summed E-state index contributed by atoms with van der Waals surface area (Å²) >= 11 is 4.89. The molecular weight excluding hydrogens is 258 g/mol. The van der Waals surface area contributed by atoms with Crippen LogP contribution in [-0.2, 0) is 11.3 Å². The number of morpholine rings is 1. The molecule has 1 heterocycles. The van der Waals surface area contributed by atoms with Gasteiger partial charge in [0.15, 0.2) is 11.6 Å². The van der Waals surface area contributed by atoms with Crippen LogP contribution in [0.25, 0.3) is 0 Å². The van der Waals surface area contributed by atoms with Gasteiger partial charge in [0.1, 0.15) is 11.1 Å². The van der Waals surface area contributed by atoms with Crippen molar-refractivity contribution in [1.82, 2.24) is 4.90 Å². The minimum Gasteiger partial charge on any atom is -0.391 e. The van der Waals surface area contributed by atoms with Crippen LogP contribution in [0.4, 0.5) is 8.78 Å². The Morgan fingerprint density at radius 2 is 2.22 bits per heavy atom. The molecule has 0 saturated carbocycles. The monoisotopic (exact) mass is 272 g/mol. The van der Waals surface area contributed by atoms with E-state index in [1.54, 1.807) is 6.07 Å². The van der Waals surface area contributed by atoms with Gasteiger partial charge in [-0.05, 0) is 17.7 Å². The maximum absolute atomic E-state index is 13.1. The Bertz CT molecular complexity index is 456. The van der Waals surface area contributed by atoms with Crippen molar-refractivity contribution in [3.8, 4) is 0 Å². The highest BCUT2D eigenvalue weighted by atomic mass is 32.1. The van der Waals surface area contributed by atoms with Crippen LogP contribution in [0.5, 0.6) is 0 Å². The van der Waals surface area contributed by atoms with Crippen molar-refractivity contribution in [3.63, 3.8) is 0 Å². The minimum atomic E-state index is -0.832. The first kappa shape index (κ1) is 13.3. The highest BCUT2D eigenvalue weighted by Gasteiger charge is 2.22. The molecule has 1 atom stereocenters. The Morgan fingerprint density at radius 1 is 1.44 bits per heavy atom. The fourth-order valence-corrected chi connectivity index (χ4v) is 2.06. The first-order valence-corrected chi connectivity index (χ1v) is 6.04. The number of rotatable bonds is 3. The third-order valence-corrected chi connectivity index (χ3v) is 3.12. The van der Waals surface area contributed by atoms with Crippen LogP contribution in [0.15, 0.2) is 18.2 Å². The summed E-state index contributed by atoms with van der Waals surface area (Å²) in [5.41, 5.74) is 6.26. The van der Waals surface area contributed by atoms with Crippen molar-refractivity contribution in [2.75, 3.05) is 19.7 Å². The summed E-state index contributed by atoms with van der Waals surface area (Å²) in [6.45, 7) is 2.36. The van der Waals surface area contributed by atoms with Gasteiger partial charge in [-0.3, -0.25) is 4.90 Å². The zero-order valence-electron chi connectivity index (χ0n) is 9.73. The number of ether oxygens (including phenoxy) is 1. The lowest BCUT2D eigenvalue weighted by Crippen LogP contribution is -2.47. The Kier molecular flexibility index (Phi) is 4.21. The van der Waals surface area contributed by atoms with E-state index >= 15 is 0 Å². The van der Waals surface area contributed by atoms with E-state index in [-0.39, 0.29) is 6.10 Å². The van der Waals surface area contributed by atoms with Gasteiger partial charge in [0.2, 0.25) is 0 Å². The Morgan fingerprint density at radius 3 is 2.89 bits per heavy atom. The second-order valence-corrected chi connectivity index (χ2v) is 4.72. The van der Waals surface area contributed by atoms with Crippen LogP contribution >= 0.6 is 12.2 Å². The molecule has 0 bridgehead atoms. The van der Waals surface area contributed by atoms with Gasteiger partial charge >= 0.3 is 0 Å². The van der Waals surface area contributed by atoms with Gasteiger partial charge in [0.25, 0.3) is 0 Å². The van der Waals surface area contributed by atoms with Gasteiger partial charge in [-0.1, -0.05) is 18.3 Å². The number of hydrogen-bond donors (Lipinski definition) is 1. The molecule has 1 fully saturated rings. The first-order chi connectivity index (χ1) is 8.56. The summed E-state index contributed by atoms with van der Waals surface area (Å²) in [7, 11) is 0. The van der Waals surface area contributed by atoms with Gasteiger partial charge in [-0.15, -0.1) is 0 Å². The maximum atomic E-state index is 13.1. The van der Waals surface area contributed by atoms with E-state index in [0.717, 1.165) is 18.2 Å². The van der Waals surface area contributed by atoms with Crippen molar-refractivity contribution in [1.29, 1.82) is 0 Å². The lowest BCUT2D eigenvalue weighted by atomic mass is 10.2. The van der Waals surface area contributed by atoms with Crippen molar-refractivity contribution >= 4 is 17.2 Å². The fourth-order valence-electron chi connectivity index (χ4n) is 1.91. The summed E-state index contributed by atoms with van der Waals surface area (Å²) < 4.78 is 31.3. The number of thiocarbonyl (C=S) groups is 1. The number of halogens is 2. The molecule has 1 aromatic carbocycles. The quantitative estimate of drug-likeness (QED) is 0.845. The molecule has 0 aromatic heterocycles. The average Bonchev–Trinajstić information content (AvgIpc) is 2.34. The standard InChI is InChI=1S/C12H14F2N2OS/c13-9-2-1-8(5-10(9)14)6-16-3-4-17-11(7-16)12(15)18/h1-2,5,11H,3-4,6-7H2,(H2,15,18). The SMILES string of the molecule is NC(=S)C1CN(Cc2ccc(F)c(F)c2)CCO1. The third-order valence-electron chi connectivity index (χ3n) is 2.86. The molecule has 2 rings (SSSR count). The number of hydrogen-bond acceptors (Lipinski definition) is 3. The predicted octanol–water partition coefficient (Wildman–Crippen LogP) is 1.45. The first-order valence-electron chi connectivity index (χ1n) is 5.63. The molecular formula is C12H14F2N2OS. The molecule has 6 heteroatoms. The Balaban J connectivity index is 2.00. The lowest BCUT2D eigenvalue weighted by Gasteiger charge is -2.32. The van der Waals surface area contributed by atoms with Gasteiger partial charge in [0.05, 0.1) is 6.61 Å². The molecule has 1 aliphatic rings. The molecule has 18 heavy (non-hydrogen) atoms. The number of benzene rings is 1. The van der Waals surface area contributed by atoms with Crippen molar-refractivity contribution in [3.05, 3.63) is 35.4 Å². The average molecular weight is 272 g/mol. The van der Waals surface area contributed by atoms with Gasteiger partial charge < -0.3 is 10.5 Å². The maximum Gasteiger partial charge on any atom is 0.159 e. The van der Waals surface area contributed by atoms with E-state index in [1.165, 1.54) is 6.07 Å². The minimum absolute atomic E-state index is 0.265. The van der Waals surface area contributed by atoms with Crippen molar-refractivity contribution in [2.45, 2.75) is 12.6 Å². The molecule has 0 radical (unpaired) electrons. The highest BCUT2D eigenvalue weighted by molar-refractivity contribution is 7.80. The predicted molar refractivity (Wildman–Crippen MR) is 68.2 cm³/mol. The molecule has 2 N–H and O–H groups in total. The topological polar surface area (TPSA) is 38.5 Å². The summed E-state index contributed by atoms with van der Waals surface area (Å²) in [5.74, 6) is -1.66. The Labute approximate surface area is 110 Å². The summed E-state index contributed by atoms with van der Waals surface area (Å²) in [4.78, 5) is 2.38. The fraction of sp³-hybridized carbons (Fsp3) is 0.417.